The number of rotatable bonds is 4. The van der Waals surface area contributed by atoms with Crippen LogP contribution in [0.3, 0.4) is 0 Å². The zero-order valence-corrected chi connectivity index (χ0v) is 18.3. The first-order chi connectivity index (χ1) is 14.7. The van der Waals surface area contributed by atoms with Crippen LogP contribution in [-0.4, -0.2) is 51.2 Å². The number of carbonyl (C=O) groups is 1. The van der Waals surface area contributed by atoms with Gasteiger partial charge in [-0.15, -0.1) is 0 Å². The van der Waals surface area contributed by atoms with E-state index in [2.05, 4.69) is 40.8 Å². The molecule has 2 aliphatic heterocycles. The van der Waals surface area contributed by atoms with Crippen LogP contribution in [0.4, 0.5) is 0 Å². The Kier molecular flexibility index (Phi) is 5.64. The van der Waals surface area contributed by atoms with E-state index in [1.165, 1.54) is 35.2 Å². The predicted molar refractivity (Wildman–Crippen MR) is 119 cm³/mol. The molecule has 0 saturated carbocycles. The van der Waals surface area contributed by atoms with Gasteiger partial charge in [0, 0.05) is 50.0 Å². The van der Waals surface area contributed by atoms with Crippen molar-refractivity contribution in [3.63, 3.8) is 0 Å². The van der Waals surface area contributed by atoms with Crippen molar-refractivity contribution in [1.82, 2.24) is 19.6 Å². The summed E-state index contributed by atoms with van der Waals surface area (Å²) in [6.07, 6.45) is 8.85. The van der Waals surface area contributed by atoms with Gasteiger partial charge in [0.05, 0.1) is 0 Å². The number of hydrogen-bond donors (Lipinski definition) is 0. The van der Waals surface area contributed by atoms with E-state index in [1.54, 1.807) is 0 Å². The monoisotopic (exact) mass is 406 g/mol. The van der Waals surface area contributed by atoms with Crippen LogP contribution in [0.1, 0.15) is 71.9 Å². The molecule has 1 amide bonds. The molecule has 0 radical (unpaired) electrons. The quantitative estimate of drug-likeness (QED) is 0.775. The van der Waals surface area contributed by atoms with Gasteiger partial charge in [0.15, 0.2) is 5.69 Å². The number of aryl methyl sites for hydroxylation is 1. The van der Waals surface area contributed by atoms with E-state index in [0.29, 0.717) is 6.04 Å². The summed E-state index contributed by atoms with van der Waals surface area (Å²) in [6, 6.07) is 9.38. The highest BCUT2D eigenvalue weighted by Crippen LogP contribution is 2.31. The topological polar surface area (TPSA) is 41.4 Å². The van der Waals surface area contributed by atoms with E-state index < -0.39 is 0 Å². The maximum atomic E-state index is 13.4. The molecule has 30 heavy (non-hydrogen) atoms. The fourth-order valence-electron chi connectivity index (χ4n) is 5.63. The Morgan fingerprint density at radius 3 is 2.67 bits per heavy atom. The molecule has 5 nitrogen and oxygen atoms in total. The van der Waals surface area contributed by atoms with E-state index in [9.17, 15) is 4.79 Å². The van der Waals surface area contributed by atoms with Crippen LogP contribution < -0.4 is 0 Å². The van der Waals surface area contributed by atoms with Gasteiger partial charge < -0.3 is 4.90 Å². The van der Waals surface area contributed by atoms with Crippen molar-refractivity contribution in [2.75, 3.05) is 19.6 Å². The average Bonchev–Trinajstić information content (AvgIpc) is 3.17. The van der Waals surface area contributed by atoms with Crippen LogP contribution in [0.25, 0.3) is 0 Å². The lowest BCUT2D eigenvalue weighted by atomic mass is 9.88. The SMILES string of the molecule is CCCn1nc(C(=O)N2CCCCC2)c2c1CCC(N1CCc3ccccc3C1)C2. The van der Waals surface area contributed by atoms with E-state index in [4.69, 9.17) is 5.10 Å². The van der Waals surface area contributed by atoms with Crippen molar-refractivity contribution >= 4 is 5.91 Å². The van der Waals surface area contributed by atoms with Gasteiger partial charge in [0.2, 0.25) is 0 Å². The summed E-state index contributed by atoms with van der Waals surface area (Å²) >= 11 is 0. The highest BCUT2D eigenvalue weighted by Gasteiger charge is 2.34. The summed E-state index contributed by atoms with van der Waals surface area (Å²) < 4.78 is 2.15. The lowest BCUT2D eigenvalue weighted by molar-refractivity contribution is 0.0715. The zero-order valence-electron chi connectivity index (χ0n) is 18.3. The molecule has 1 saturated heterocycles. The number of amides is 1. The number of piperidine rings is 1. The molecule has 5 heteroatoms. The van der Waals surface area contributed by atoms with Gasteiger partial charge in [-0.05, 0) is 62.5 Å². The molecular weight excluding hydrogens is 372 g/mol. The lowest BCUT2D eigenvalue weighted by Gasteiger charge is -2.38. The zero-order chi connectivity index (χ0) is 20.5. The van der Waals surface area contributed by atoms with E-state index in [1.807, 2.05) is 4.90 Å². The van der Waals surface area contributed by atoms with Gasteiger partial charge in [0.25, 0.3) is 5.91 Å². The number of fused-ring (bicyclic) bond motifs is 2. The molecule has 3 aliphatic rings. The molecule has 1 atom stereocenters. The molecule has 1 unspecified atom stereocenters. The van der Waals surface area contributed by atoms with Gasteiger partial charge in [-0.2, -0.15) is 5.10 Å². The van der Waals surface area contributed by atoms with Crippen LogP contribution >= 0.6 is 0 Å². The van der Waals surface area contributed by atoms with Gasteiger partial charge >= 0.3 is 0 Å². The van der Waals surface area contributed by atoms with Crippen molar-refractivity contribution in [3.8, 4) is 0 Å². The smallest absolute Gasteiger partial charge is 0.274 e. The van der Waals surface area contributed by atoms with E-state index >= 15 is 0 Å². The van der Waals surface area contributed by atoms with Gasteiger partial charge in [0.1, 0.15) is 0 Å². The molecule has 5 rings (SSSR count). The van der Waals surface area contributed by atoms with Crippen LogP contribution in [0.5, 0.6) is 0 Å². The molecule has 0 bridgehead atoms. The molecule has 1 aromatic carbocycles. The van der Waals surface area contributed by atoms with Crippen molar-refractivity contribution in [2.24, 2.45) is 0 Å². The number of aromatic nitrogens is 2. The molecular formula is C25H34N4O. The van der Waals surface area contributed by atoms with Crippen LogP contribution in [0, 0.1) is 0 Å². The number of hydrogen-bond acceptors (Lipinski definition) is 3. The summed E-state index contributed by atoms with van der Waals surface area (Å²) in [5.41, 5.74) is 6.30. The lowest BCUT2D eigenvalue weighted by Crippen LogP contribution is -2.43. The second-order valence-electron chi connectivity index (χ2n) is 9.24. The Bertz CT molecular complexity index is 912. The van der Waals surface area contributed by atoms with E-state index in [0.717, 1.165) is 76.9 Å². The Morgan fingerprint density at radius 1 is 1.07 bits per heavy atom. The molecule has 1 fully saturated rings. The highest BCUT2D eigenvalue weighted by atomic mass is 16.2. The van der Waals surface area contributed by atoms with Crippen LogP contribution in [0.15, 0.2) is 24.3 Å². The summed E-state index contributed by atoms with van der Waals surface area (Å²) in [6.45, 7) is 7.04. The Balaban J connectivity index is 1.40. The minimum absolute atomic E-state index is 0.172. The van der Waals surface area contributed by atoms with Crippen molar-refractivity contribution in [2.45, 2.75) is 77.4 Å². The number of carbonyl (C=O) groups excluding carboxylic acids is 1. The standard InChI is InChI=1S/C25H34N4O/c1-2-13-29-23-11-10-21(28-16-12-19-8-4-5-9-20(19)18-28)17-22(23)24(26-29)25(30)27-14-6-3-7-15-27/h4-5,8-9,21H,2-3,6-7,10-18H2,1H3. The molecule has 3 heterocycles. The van der Waals surface area contributed by atoms with Gasteiger partial charge in [-0.3, -0.25) is 14.4 Å². The fourth-order valence-corrected chi connectivity index (χ4v) is 5.63. The molecule has 0 spiro atoms. The minimum atomic E-state index is 0.172. The Labute approximate surface area is 180 Å². The molecule has 2 aromatic rings. The first kappa shape index (κ1) is 19.8. The normalized spacial score (nSPS) is 21.9. The second kappa shape index (κ2) is 8.54. The Hall–Kier alpha value is -2.14. The molecule has 1 aromatic heterocycles. The summed E-state index contributed by atoms with van der Waals surface area (Å²) in [5, 5.41) is 4.88. The van der Waals surface area contributed by atoms with Crippen LogP contribution in [0.2, 0.25) is 0 Å². The number of benzene rings is 1. The van der Waals surface area contributed by atoms with E-state index in [-0.39, 0.29) is 5.91 Å². The summed E-state index contributed by atoms with van der Waals surface area (Å²) in [7, 11) is 0. The second-order valence-corrected chi connectivity index (χ2v) is 9.24. The van der Waals surface area contributed by atoms with Crippen molar-refractivity contribution < 1.29 is 4.79 Å². The highest BCUT2D eigenvalue weighted by molar-refractivity contribution is 5.94. The maximum absolute atomic E-state index is 13.4. The third-order valence-electron chi connectivity index (χ3n) is 7.28. The number of nitrogens with zero attached hydrogens (tertiary/aromatic N) is 4. The van der Waals surface area contributed by atoms with Crippen molar-refractivity contribution in [3.05, 3.63) is 52.3 Å². The van der Waals surface area contributed by atoms with Crippen LogP contribution in [-0.2, 0) is 32.4 Å². The first-order valence-electron chi connectivity index (χ1n) is 11.9. The third-order valence-corrected chi connectivity index (χ3v) is 7.28. The average molecular weight is 407 g/mol. The maximum Gasteiger partial charge on any atom is 0.274 e. The number of likely N-dealkylation sites (tertiary alicyclic amines) is 1. The predicted octanol–water partition coefficient (Wildman–Crippen LogP) is 3.83. The first-order valence-corrected chi connectivity index (χ1v) is 11.9. The van der Waals surface area contributed by atoms with Gasteiger partial charge in [-0.1, -0.05) is 31.2 Å². The molecule has 1 aliphatic carbocycles. The fraction of sp³-hybridized carbons (Fsp3) is 0.600. The Morgan fingerprint density at radius 2 is 1.87 bits per heavy atom. The van der Waals surface area contributed by atoms with Gasteiger partial charge in [-0.25, -0.2) is 0 Å². The largest absolute Gasteiger partial charge is 0.337 e. The van der Waals surface area contributed by atoms with Crippen molar-refractivity contribution in [1.29, 1.82) is 0 Å². The molecule has 0 N–H and O–H groups in total. The molecule has 160 valence electrons. The summed E-state index contributed by atoms with van der Waals surface area (Å²) in [5.74, 6) is 0.172. The minimum Gasteiger partial charge on any atom is -0.337 e. The summed E-state index contributed by atoms with van der Waals surface area (Å²) in [4.78, 5) is 18.1. The third kappa shape index (κ3) is 3.68.